The van der Waals surface area contributed by atoms with Gasteiger partial charge in [-0.2, -0.15) is 0 Å². The highest BCUT2D eigenvalue weighted by Crippen LogP contribution is 2.37. The van der Waals surface area contributed by atoms with Crippen LogP contribution in [0.4, 0.5) is 5.69 Å². The first-order valence-corrected chi connectivity index (χ1v) is 9.14. The Balaban J connectivity index is 1.81. The van der Waals surface area contributed by atoms with E-state index in [1.807, 2.05) is 18.2 Å². The summed E-state index contributed by atoms with van der Waals surface area (Å²) in [5.41, 5.74) is 7.92. The molecule has 1 heterocycles. The summed E-state index contributed by atoms with van der Waals surface area (Å²) in [6.45, 7) is 3.06. The first-order valence-electron chi connectivity index (χ1n) is 9.14. The molecule has 4 rings (SSSR count). The number of nitro benzene ring substituents is 1. The standard InChI is InChI=1S/C22H22N2O2/c1-16-22(18-11-13-19(14-12-18)24(25)26)20-9-5-6-10-21(20)23(16)15-17-7-3-2-4-8-17/h2-4,7-8,11-14H,5-6,9-10,15H2,1H3. The highest BCUT2D eigenvalue weighted by molar-refractivity contribution is 5.73. The van der Waals surface area contributed by atoms with E-state index in [0.29, 0.717) is 0 Å². The van der Waals surface area contributed by atoms with Gasteiger partial charge in [-0.3, -0.25) is 10.1 Å². The van der Waals surface area contributed by atoms with Crippen LogP contribution < -0.4 is 0 Å². The topological polar surface area (TPSA) is 48.1 Å². The number of non-ortho nitro benzene ring substituents is 1. The lowest BCUT2D eigenvalue weighted by molar-refractivity contribution is -0.384. The van der Waals surface area contributed by atoms with Crippen molar-refractivity contribution in [2.24, 2.45) is 0 Å². The molecular formula is C22H22N2O2. The Morgan fingerprint density at radius 3 is 2.38 bits per heavy atom. The van der Waals surface area contributed by atoms with Crippen molar-refractivity contribution in [3.05, 3.63) is 87.2 Å². The number of aromatic nitrogens is 1. The number of nitro groups is 1. The van der Waals surface area contributed by atoms with E-state index in [0.717, 1.165) is 24.9 Å². The summed E-state index contributed by atoms with van der Waals surface area (Å²) in [5.74, 6) is 0. The van der Waals surface area contributed by atoms with Crippen LogP contribution in [-0.4, -0.2) is 9.49 Å². The number of rotatable bonds is 4. The van der Waals surface area contributed by atoms with Gasteiger partial charge in [0.1, 0.15) is 0 Å². The summed E-state index contributed by atoms with van der Waals surface area (Å²) in [5, 5.41) is 11.0. The zero-order chi connectivity index (χ0) is 18.1. The highest BCUT2D eigenvalue weighted by Gasteiger charge is 2.23. The highest BCUT2D eigenvalue weighted by atomic mass is 16.6. The van der Waals surface area contributed by atoms with E-state index in [-0.39, 0.29) is 10.6 Å². The molecule has 1 aliphatic carbocycles. The number of hydrogen-bond acceptors (Lipinski definition) is 2. The molecule has 1 aliphatic rings. The lowest BCUT2D eigenvalue weighted by atomic mass is 9.91. The Hall–Kier alpha value is -2.88. The zero-order valence-electron chi connectivity index (χ0n) is 14.9. The predicted octanol–water partition coefficient (Wildman–Crippen LogP) is 5.30. The minimum Gasteiger partial charge on any atom is -0.344 e. The third kappa shape index (κ3) is 2.92. The molecule has 0 spiro atoms. The Kier molecular flexibility index (Phi) is 4.33. The molecule has 1 aromatic heterocycles. The molecule has 0 bridgehead atoms. The van der Waals surface area contributed by atoms with Crippen LogP contribution in [-0.2, 0) is 19.4 Å². The molecule has 0 radical (unpaired) electrons. The van der Waals surface area contributed by atoms with Gasteiger partial charge >= 0.3 is 0 Å². The fourth-order valence-corrected chi connectivity index (χ4v) is 4.13. The van der Waals surface area contributed by atoms with Gasteiger partial charge in [0.2, 0.25) is 0 Å². The fourth-order valence-electron chi connectivity index (χ4n) is 4.13. The number of benzene rings is 2. The second-order valence-corrected chi connectivity index (χ2v) is 6.97. The first-order chi connectivity index (χ1) is 12.6. The van der Waals surface area contributed by atoms with E-state index in [2.05, 4.69) is 35.8 Å². The third-order valence-electron chi connectivity index (χ3n) is 5.38. The largest absolute Gasteiger partial charge is 0.344 e. The molecule has 0 saturated heterocycles. The molecule has 0 unspecified atom stereocenters. The van der Waals surface area contributed by atoms with Crippen molar-refractivity contribution >= 4 is 5.69 Å². The molecule has 0 amide bonds. The average Bonchev–Trinajstić information content (AvgIpc) is 2.95. The quantitative estimate of drug-likeness (QED) is 0.475. The summed E-state index contributed by atoms with van der Waals surface area (Å²) < 4.78 is 2.45. The third-order valence-corrected chi connectivity index (χ3v) is 5.38. The zero-order valence-corrected chi connectivity index (χ0v) is 14.9. The van der Waals surface area contributed by atoms with Gasteiger partial charge in [-0.25, -0.2) is 0 Å². The Morgan fingerprint density at radius 1 is 1.00 bits per heavy atom. The average molecular weight is 346 g/mol. The van der Waals surface area contributed by atoms with Gasteiger partial charge in [0.15, 0.2) is 0 Å². The number of hydrogen-bond donors (Lipinski definition) is 0. The van der Waals surface area contributed by atoms with Gasteiger partial charge < -0.3 is 4.57 Å². The SMILES string of the molecule is Cc1c(-c2ccc([N+](=O)[O-])cc2)c2c(n1Cc1ccccc1)CCCC2. The van der Waals surface area contributed by atoms with Crippen molar-refractivity contribution < 1.29 is 4.92 Å². The van der Waals surface area contributed by atoms with Gasteiger partial charge in [-0.15, -0.1) is 0 Å². The summed E-state index contributed by atoms with van der Waals surface area (Å²) in [7, 11) is 0. The van der Waals surface area contributed by atoms with Gasteiger partial charge in [0.25, 0.3) is 5.69 Å². The minimum atomic E-state index is -0.341. The number of nitrogens with zero attached hydrogens (tertiary/aromatic N) is 2. The van der Waals surface area contributed by atoms with Crippen LogP contribution in [0.3, 0.4) is 0 Å². The van der Waals surface area contributed by atoms with Crippen LogP contribution >= 0.6 is 0 Å². The summed E-state index contributed by atoms with van der Waals surface area (Å²) >= 11 is 0. The molecule has 0 N–H and O–H groups in total. The van der Waals surface area contributed by atoms with E-state index in [4.69, 9.17) is 0 Å². The van der Waals surface area contributed by atoms with Crippen molar-refractivity contribution in [2.45, 2.75) is 39.2 Å². The van der Waals surface area contributed by atoms with Crippen LogP contribution in [0.5, 0.6) is 0 Å². The van der Waals surface area contributed by atoms with E-state index in [9.17, 15) is 10.1 Å². The normalized spacial score (nSPS) is 13.4. The predicted molar refractivity (Wildman–Crippen MR) is 103 cm³/mol. The Labute approximate surface area is 153 Å². The lowest BCUT2D eigenvalue weighted by Gasteiger charge is -2.16. The molecular weight excluding hydrogens is 324 g/mol. The van der Waals surface area contributed by atoms with Crippen molar-refractivity contribution in [1.82, 2.24) is 4.57 Å². The molecule has 0 atom stereocenters. The smallest absolute Gasteiger partial charge is 0.269 e. The molecule has 0 aliphatic heterocycles. The van der Waals surface area contributed by atoms with Crippen molar-refractivity contribution in [3.63, 3.8) is 0 Å². The van der Waals surface area contributed by atoms with Crippen molar-refractivity contribution in [2.75, 3.05) is 0 Å². The van der Waals surface area contributed by atoms with E-state index < -0.39 is 0 Å². The molecule has 132 valence electrons. The maximum Gasteiger partial charge on any atom is 0.269 e. The van der Waals surface area contributed by atoms with Crippen molar-refractivity contribution in [1.29, 1.82) is 0 Å². The van der Waals surface area contributed by atoms with Crippen LogP contribution in [0.15, 0.2) is 54.6 Å². The summed E-state index contributed by atoms with van der Waals surface area (Å²) in [4.78, 5) is 10.6. The molecule has 0 fully saturated rings. The second-order valence-electron chi connectivity index (χ2n) is 6.97. The van der Waals surface area contributed by atoms with Gasteiger partial charge in [-0.05, 0) is 61.4 Å². The molecule has 26 heavy (non-hydrogen) atoms. The van der Waals surface area contributed by atoms with Crippen LogP contribution in [0.2, 0.25) is 0 Å². The molecule has 4 nitrogen and oxygen atoms in total. The number of fused-ring (bicyclic) bond motifs is 1. The van der Waals surface area contributed by atoms with E-state index >= 15 is 0 Å². The maximum atomic E-state index is 11.0. The minimum absolute atomic E-state index is 0.143. The summed E-state index contributed by atoms with van der Waals surface area (Å²) in [6, 6.07) is 17.5. The molecule has 0 saturated carbocycles. The molecule has 3 aromatic rings. The van der Waals surface area contributed by atoms with E-state index in [1.165, 1.54) is 40.9 Å². The van der Waals surface area contributed by atoms with Crippen LogP contribution in [0.25, 0.3) is 11.1 Å². The maximum absolute atomic E-state index is 11.0. The van der Waals surface area contributed by atoms with Crippen LogP contribution in [0.1, 0.15) is 35.4 Å². The second kappa shape index (κ2) is 6.79. The Bertz CT molecular complexity index is 941. The van der Waals surface area contributed by atoms with Gasteiger partial charge in [0, 0.05) is 35.6 Å². The van der Waals surface area contributed by atoms with Crippen molar-refractivity contribution in [3.8, 4) is 11.1 Å². The lowest BCUT2D eigenvalue weighted by Crippen LogP contribution is -2.10. The molecule has 2 aromatic carbocycles. The first kappa shape index (κ1) is 16.6. The Morgan fingerprint density at radius 2 is 1.69 bits per heavy atom. The molecule has 4 heteroatoms. The van der Waals surface area contributed by atoms with Gasteiger partial charge in [0.05, 0.1) is 4.92 Å². The monoisotopic (exact) mass is 346 g/mol. The van der Waals surface area contributed by atoms with Gasteiger partial charge in [-0.1, -0.05) is 30.3 Å². The summed E-state index contributed by atoms with van der Waals surface area (Å²) in [6.07, 6.45) is 4.63. The van der Waals surface area contributed by atoms with Crippen LogP contribution in [0, 0.1) is 17.0 Å². The fraction of sp³-hybridized carbons (Fsp3) is 0.273. The van der Waals surface area contributed by atoms with E-state index in [1.54, 1.807) is 12.1 Å².